The summed E-state index contributed by atoms with van der Waals surface area (Å²) in [5.41, 5.74) is 3.87. The molecule has 1 saturated heterocycles. The minimum Gasteiger partial charge on any atom is -0.462 e. The summed E-state index contributed by atoms with van der Waals surface area (Å²) in [6.07, 6.45) is 6.30. The summed E-state index contributed by atoms with van der Waals surface area (Å²) in [4.78, 5) is 22.1. The molecule has 4 aromatic rings. The van der Waals surface area contributed by atoms with Gasteiger partial charge in [-0.1, -0.05) is 54.6 Å². The van der Waals surface area contributed by atoms with Crippen LogP contribution in [0, 0.1) is 11.6 Å². The van der Waals surface area contributed by atoms with Crippen LogP contribution in [0.2, 0.25) is 0 Å². The molecule has 0 saturated carbocycles. The highest BCUT2D eigenvalue weighted by atomic mass is 35.5. The molecule has 0 radical (unpaired) electrons. The van der Waals surface area contributed by atoms with E-state index < -0.39 is 0 Å². The number of rotatable bonds is 13. The zero-order valence-corrected chi connectivity index (χ0v) is 25.7. The van der Waals surface area contributed by atoms with E-state index in [9.17, 15) is 13.6 Å². The third-order valence-electron chi connectivity index (χ3n) is 8.13. The molecule has 1 aliphatic heterocycles. The molecule has 0 bridgehead atoms. The summed E-state index contributed by atoms with van der Waals surface area (Å²) >= 11 is 0. The highest BCUT2D eigenvalue weighted by Crippen LogP contribution is 2.30. The predicted molar refractivity (Wildman–Crippen MR) is 174 cm³/mol. The van der Waals surface area contributed by atoms with Gasteiger partial charge in [0.25, 0.3) is 0 Å². The van der Waals surface area contributed by atoms with Crippen LogP contribution in [0.1, 0.15) is 58.6 Å². The fourth-order valence-corrected chi connectivity index (χ4v) is 5.75. The van der Waals surface area contributed by atoms with Crippen LogP contribution in [0.5, 0.6) is 0 Å². The summed E-state index contributed by atoms with van der Waals surface area (Å²) in [7, 11) is 0. The lowest BCUT2D eigenvalue weighted by molar-refractivity contribution is 0.0498. The van der Waals surface area contributed by atoms with Crippen molar-refractivity contribution in [3.63, 3.8) is 0 Å². The van der Waals surface area contributed by atoms with Crippen molar-refractivity contribution in [2.75, 3.05) is 44.2 Å². The lowest BCUT2D eigenvalue weighted by atomic mass is 9.87. The van der Waals surface area contributed by atoms with E-state index in [0.717, 1.165) is 76.0 Å². The number of halogens is 3. The highest BCUT2D eigenvalue weighted by Gasteiger charge is 2.24. The van der Waals surface area contributed by atoms with Gasteiger partial charge >= 0.3 is 5.97 Å². The molecule has 1 aromatic heterocycles. The summed E-state index contributed by atoms with van der Waals surface area (Å²) in [5.74, 6) is -0.0878. The van der Waals surface area contributed by atoms with Crippen LogP contribution in [-0.2, 0) is 11.2 Å². The Bertz CT molecular complexity index is 1380. The van der Waals surface area contributed by atoms with Gasteiger partial charge in [0.2, 0.25) is 0 Å². The number of ether oxygens (including phenoxy) is 1. The number of hydrogen-bond donors (Lipinski definition) is 0. The molecule has 1 aliphatic rings. The van der Waals surface area contributed by atoms with Crippen molar-refractivity contribution < 1.29 is 18.3 Å². The van der Waals surface area contributed by atoms with E-state index in [1.165, 1.54) is 29.8 Å². The Morgan fingerprint density at radius 3 is 2.05 bits per heavy atom. The van der Waals surface area contributed by atoms with E-state index in [-0.39, 0.29) is 35.9 Å². The number of hydrogen-bond acceptors (Lipinski definition) is 5. The van der Waals surface area contributed by atoms with Gasteiger partial charge in [-0.2, -0.15) is 0 Å². The van der Waals surface area contributed by atoms with Crippen molar-refractivity contribution in [3.8, 4) is 0 Å². The van der Waals surface area contributed by atoms with Crippen molar-refractivity contribution >= 4 is 24.2 Å². The average molecular weight is 620 g/mol. The van der Waals surface area contributed by atoms with Crippen LogP contribution in [0.15, 0.2) is 97.2 Å². The van der Waals surface area contributed by atoms with Gasteiger partial charge in [-0.05, 0) is 91.7 Å². The summed E-state index contributed by atoms with van der Waals surface area (Å²) in [6, 6.07) is 27.1. The SMILES string of the molecule is Cl.O=C(OCCCCc1ccccc1)c1cccnc1N1CCN(CCCC(c2ccc(F)cc2)c2ccc(F)cc2)CC1. The second kappa shape index (κ2) is 16.9. The number of nitrogens with zero attached hydrogens (tertiary/aromatic N) is 3. The number of anilines is 1. The normalized spacial score (nSPS) is 13.5. The maximum atomic E-state index is 13.6. The van der Waals surface area contributed by atoms with E-state index in [0.29, 0.717) is 18.0 Å². The van der Waals surface area contributed by atoms with Crippen LogP contribution >= 0.6 is 12.4 Å². The number of carbonyl (C=O) groups is 1. The Morgan fingerprint density at radius 2 is 1.41 bits per heavy atom. The smallest absolute Gasteiger partial charge is 0.341 e. The molecule has 3 aromatic carbocycles. The summed E-state index contributed by atoms with van der Waals surface area (Å²) in [6.45, 7) is 4.59. The van der Waals surface area contributed by atoms with Gasteiger partial charge in [-0.25, -0.2) is 18.6 Å². The number of piperazine rings is 1. The first kappa shape index (κ1) is 33.1. The Morgan fingerprint density at radius 1 is 0.773 bits per heavy atom. The van der Waals surface area contributed by atoms with Gasteiger partial charge in [-0.3, -0.25) is 4.90 Å². The Labute approximate surface area is 265 Å². The van der Waals surface area contributed by atoms with E-state index in [4.69, 9.17) is 4.74 Å². The quantitative estimate of drug-likeness (QED) is 0.113. The van der Waals surface area contributed by atoms with Crippen LogP contribution in [-0.4, -0.2) is 55.2 Å². The maximum absolute atomic E-state index is 13.6. The molecule has 1 fully saturated rings. The first-order valence-electron chi connectivity index (χ1n) is 15.2. The molecule has 0 atom stereocenters. The van der Waals surface area contributed by atoms with Crippen molar-refractivity contribution in [3.05, 3.63) is 131 Å². The van der Waals surface area contributed by atoms with Crippen LogP contribution in [0.25, 0.3) is 0 Å². The van der Waals surface area contributed by atoms with Crippen LogP contribution < -0.4 is 4.90 Å². The fraction of sp³-hybridized carbons (Fsp3) is 0.333. The molecule has 0 aliphatic carbocycles. The molecule has 0 amide bonds. The molecular formula is C36H40ClF2N3O2. The maximum Gasteiger partial charge on any atom is 0.341 e. The number of pyridine rings is 1. The Balaban J connectivity index is 0.00000442. The molecule has 8 heteroatoms. The minimum atomic E-state index is -0.321. The van der Waals surface area contributed by atoms with Gasteiger partial charge in [0.15, 0.2) is 0 Å². The molecular weight excluding hydrogens is 580 g/mol. The standard InChI is InChI=1S/C36H39F2N3O2.ClH/c37-31-17-13-29(14-18-31)33(30-15-19-32(38)20-16-30)12-7-22-40-23-25-41(26-24-40)35-34(11-6-21-39-35)36(42)43-27-5-4-10-28-8-2-1-3-9-28;/h1-3,6,8-9,11,13-21,33H,4-5,7,10,12,22-27H2;1H. The molecule has 2 heterocycles. The predicted octanol–water partition coefficient (Wildman–Crippen LogP) is 7.70. The van der Waals surface area contributed by atoms with E-state index in [1.54, 1.807) is 18.3 Å². The largest absolute Gasteiger partial charge is 0.462 e. The van der Waals surface area contributed by atoms with Gasteiger partial charge in [0, 0.05) is 38.3 Å². The molecule has 0 N–H and O–H groups in total. The zero-order valence-electron chi connectivity index (χ0n) is 24.9. The summed E-state index contributed by atoms with van der Waals surface area (Å²) in [5, 5.41) is 0. The number of aryl methyl sites for hydroxylation is 1. The zero-order chi connectivity index (χ0) is 29.9. The number of aromatic nitrogens is 1. The first-order valence-corrected chi connectivity index (χ1v) is 15.2. The molecule has 0 spiro atoms. The second-order valence-corrected chi connectivity index (χ2v) is 11.1. The number of benzene rings is 3. The lowest BCUT2D eigenvalue weighted by Gasteiger charge is -2.36. The number of esters is 1. The van der Waals surface area contributed by atoms with Crippen molar-refractivity contribution in [2.45, 2.75) is 38.0 Å². The molecule has 232 valence electrons. The third kappa shape index (κ3) is 9.34. The first-order chi connectivity index (χ1) is 21.1. The van der Waals surface area contributed by atoms with Crippen LogP contribution in [0.4, 0.5) is 14.6 Å². The van der Waals surface area contributed by atoms with Gasteiger partial charge < -0.3 is 9.64 Å². The molecule has 5 nitrogen and oxygen atoms in total. The average Bonchev–Trinajstić information content (AvgIpc) is 3.05. The fourth-order valence-electron chi connectivity index (χ4n) is 5.75. The van der Waals surface area contributed by atoms with E-state index >= 15 is 0 Å². The topological polar surface area (TPSA) is 45.7 Å². The molecule has 5 rings (SSSR count). The monoisotopic (exact) mass is 619 g/mol. The number of carbonyl (C=O) groups excluding carboxylic acids is 1. The van der Waals surface area contributed by atoms with Crippen LogP contribution in [0.3, 0.4) is 0 Å². The molecule has 0 unspecified atom stereocenters. The Hall–Kier alpha value is -3.81. The van der Waals surface area contributed by atoms with Gasteiger partial charge in [0.1, 0.15) is 23.0 Å². The second-order valence-electron chi connectivity index (χ2n) is 11.1. The van der Waals surface area contributed by atoms with Crippen molar-refractivity contribution in [2.24, 2.45) is 0 Å². The van der Waals surface area contributed by atoms with Gasteiger partial charge in [0.05, 0.1) is 6.61 Å². The third-order valence-corrected chi connectivity index (χ3v) is 8.13. The lowest BCUT2D eigenvalue weighted by Crippen LogP contribution is -2.47. The van der Waals surface area contributed by atoms with E-state index in [2.05, 4.69) is 26.9 Å². The van der Waals surface area contributed by atoms with Crippen molar-refractivity contribution in [1.29, 1.82) is 0 Å². The van der Waals surface area contributed by atoms with Crippen molar-refractivity contribution in [1.82, 2.24) is 9.88 Å². The summed E-state index contributed by atoms with van der Waals surface area (Å²) < 4.78 is 32.8. The van der Waals surface area contributed by atoms with E-state index in [1.807, 2.05) is 42.5 Å². The Kier molecular flexibility index (Phi) is 12.7. The van der Waals surface area contributed by atoms with Gasteiger partial charge in [-0.15, -0.1) is 12.4 Å². The number of unbranched alkanes of at least 4 members (excludes halogenated alkanes) is 1. The highest BCUT2D eigenvalue weighted by molar-refractivity contribution is 5.94. The molecule has 44 heavy (non-hydrogen) atoms. The minimum absolute atomic E-state index is 0.